The molecule has 104 valence electrons. The highest BCUT2D eigenvalue weighted by molar-refractivity contribution is 6.04. The lowest BCUT2D eigenvalue weighted by Crippen LogP contribution is -2.23. The molecule has 1 aliphatic rings. The quantitative estimate of drug-likeness (QED) is 0.785. The minimum Gasteiger partial charge on any atom is -0.315 e. The van der Waals surface area contributed by atoms with Gasteiger partial charge in [-0.2, -0.15) is 0 Å². The zero-order valence-corrected chi connectivity index (χ0v) is 11.6. The number of carbonyl (C=O) groups is 1. The van der Waals surface area contributed by atoms with Crippen LogP contribution in [0.4, 0.5) is 5.69 Å². The summed E-state index contributed by atoms with van der Waals surface area (Å²) >= 11 is 0. The second kappa shape index (κ2) is 6.25. The van der Waals surface area contributed by atoms with Crippen molar-refractivity contribution in [2.75, 3.05) is 11.9 Å². The fraction of sp³-hybridized carbons (Fsp3) is 0.167. The maximum absolute atomic E-state index is 11.9. The molecule has 0 unspecified atom stereocenters. The van der Waals surface area contributed by atoms with Gasteiger partial charge in [0.15, 0.2) is 0 Å². The van der Waals surface area contributed by atoms with Gasteiger partial charge in [-0.1, -0.05) is 30.2 Å². The van der Waals surface area contributed by atoms with Crippen molar-refractivity contribution in [3.05, 3.63) is 65.2 Å². The lowest BCUT2D eigenvalue weighted by Gasteiger charge is -2.17. The molecule has 0 radical (unpaired) electrons. The van der Waals surface area contributed by atoms with Crippen molar-refractivity contribution in [2.45, 2.75) is 13.0 Å². The van der Waals surface area contributed by atoms with Crippen molar-refractivity contribution >= 4 is 11.6 Å². The van der Waals surface area contributed by atoms with Gasteiger partial charge in [-0.05, 0) is 48.4 Å². The van der Waals surface area contributed by atoms with Gasteiger partial charge < -0.3 is 10.6 Å². The zero-order valence-electron chi connectivity index (χ0n) is 11.6. The molecule has 21 heavy (non-hydrogen) atoms. The molecule has 0 bridgehead atoms. The van der Waals surface area contributed by atoms with Gasteiger partial charge in [0.05, 0.1) is 0 Å². The first-order chi connectivity index (χ1) is 10.3. The van der Waals surface area contributed by atoms with E-state index in [0.29, 0.717) is 0 Å². The van der Waals surface area contributed by atoms with E-state index in [0.717, 1.165) is 30.8 Å². The van der Waals surface area contributed by atoms with Crippen LogP contribution in [-0.2, 0) is 17.8 Å². The third kappa shape index (κ3) is 3.50. The van der Waals surface area contributed by atoms with Gasteiger partial charge >= 0.3 is 5.91 Å². The second-order valence-corrected chi connectivity index (χ2v) is 4.98. The summed E-state index contributed by atoms with van der Waals surface area (Å²) in [4.78, 5) is 11.9. The Labute approximate surface area is 124 Å². The van der Waals surface area contributed by atoms with E-state index in [1.807, 2.05) is 42.5 Å². The van der Waals surface area contributed by atoms with E-state index in [2.05, 4.69) is 28.5 Å². The summed E-state index contributed by atoms with van der Waals surface area (Å²) in [5.74, 6) is 5.18. The second-order valence-electron chi connectivity index (χ2n) is 4.98. The van der Waals surface area contributed by atoms with Crippen molar-refractivity contribution in [3.63, 3.8) is 0 Å². The molecule has 0 aliphatic carbocycles. The highest BCUT2D eigenvalue weighted by Crippen LogP contribution is 2.18. The number of anilines is 1. The van der Waals surface area contributed by atoms with E-state index in [4.69, 9.17) is 0 Å². The van der Waals surface area contributed by atoms with Gasteiger partial charge in [-0.25, -0.2) is 0 Å². The molecular formula is C18H16N2O. The van der Waals surface area contributed by atoms with E-state index in [1.165, 1.54) is 11.1 Å². The van der Waals surface area contributed by atoms with Crippen LogP contribution in [0.15, 0.2) is 48.5 Å². The van der Waals surface area contributed by atoms with Crippen LogP contribution in [-0.4, -0.2) is 12.5 Å². The van der Waals surface area contributed by atoms with Crippen LogP contribution in [0.1, 0.15) is 16.7 Å². The summed E-state index contributed by atoms with van der Waals surface area (Å²) in [6.45, 7) is 1.87. The van der Waals surface area contributed by atoms with Crippen LogP contribution in [0.25, 0.3) is 0 Å². The Morgan fingerprint density at radius 1 is 1.10 bits per heavy atom. The van der Waals surface area contributed by atoms with Crippen LogP contribution >= 0.6 is 0 Å². The zero-order chi connectivity index (χ0) is 14.5. The molecule has 0 saturated carbocycles. The molecule has 3 nitrogen and oxygen atoms in total. The van der Waals surface area contributed by atoms with Gasteiger partial charge in [-0.15, -0.1) is 0 Å². The fourth-order valence-corrected chi connectivity index (χ4v) is 2.37. The van der Waals surface area contributed by atoms with E-state index >= 15 is 0 Å². The van der Waals surface area contributed by atoms with Crippen molar-refractivity contribution in [1.29, 1.82) is 0 Å². The van der Waals surface area contributed by atoms with E-state index in [9.17, 15) is 4.79 Å². The van der Waals surface area contributed by atoms with Crippen LogP contribution in [0.2, 0.25) is 0 Å². The first-order valence-corrected chi connectivity index (χ1v) is 7.02. The third-order valence-corrected chi connectivity index (χ3v) is 3.44. The van der Waals surface area contributed by atoms with Crippen LogP contribution < -0.4 is 10.6 Å². The summed E-state index contributed by atoms with van der Waals surface area (Å²) in [5.41, 5.74) is 4.23. The lowest BCUT2D eigenvalue weighted by molar-refractivity contribution is -0.111. The average Bonchev–Trinajstić information content (AvgIpc) is 2.54. The summed E-state index contributed by atoms with van der Waals surface area (Å²) in [7, 11) is 0. The lowest BCUT2D eigenvalue weighted by atomic mass is 10.0. The van der Waals surface area contributed by atoms with E-state index < -0.39 is 0 Å². The molecule has 2 aromatic carbocycles. The Hall–Kier alpha value is -2.57. The molecule has 2 aromatic rings. The molecule has 1 heterocycles. The molecule has 3 heteroatoms. The van der Waals surface area contributed by atoms with Gasteiger partial charge in [0.25, 0.3) is 0 Å². The smallest absolute Gasteiger partial charge is 0.300 e. The summed E-state index contributed by atoms with van der Waals surface area (Å²) in [6.07, 6.45) is 1.04. The number of benzene rings is 2. The number of hydrogen-bond donors (Lipinski definition) is 2. The Bertz CT molecular complexity index is 711. The predicted octanol–water partition coefficient (Wildman–Crippen LogP) is 2.32. The van der Waals surface area contributed by atoms with Crippen LogP contribution in [0.3, 0.4) is 0 Å². The molecule has 1 aliphatic heterocycles. The topological polar surface area (TPSA) is 41.1 Å². The van der Waals surface area contributed by atoms with Gasteiger partial charge in [0, 0.05) is 23.7 Å². The Balaban J connectivity index is 1.69. The van der Waals surface area contributed by atoms with Crippen LogP contribution in [0, 0.1) is 11.8 Å². The fourth-order valence-electron chi connectivity index (χ4n) is 2.37. The maximum Gasteiger partial charge on any atom is 0.300 e. The highest BCUT2D eigenvalue weighted by Gasteiger charge is 2.09. The standard InChI is InChI=1S/C18H16N2O/c21-18(9-6-14-4-2-1-3-5-14)20-17-8-7-15-10-11-19-13-16(15)12-17/h1-5,7-8,12,19H,10-11,13H2,(H,20,21). The van der Waals surface area contributed by atoms with E-state index in [-0.39, 0.29) is 5.91 Å². The third-order valence-electron chi connectivity index (χ3n) is 3.44. The molecule has 1 amide bonds. The Kier molecular flexibility index (Phi) is 3.99. The van der Waals surface area contributed by atoms with E-state index in [1.54, 1.807) is 0 Å². The van der Waals surface area contributed by atoms with Crippen LogP contribution in [0.5, 0.6) is 0 Å². The molecule has 2 N–H and O–H groups in total. The molecule has 0 spiro atoms. The van der Waals surface area contributed by atoms with Gasteiger partial charge in [0.2, 0.25) is 0 Å². The van der Waals surface area contributed by atoms with Gasteiger partial charge in [-0.3, -0.25) is 4.79 Å². The molecule has 0 atom stereocenters. The normalized spacial score (nSPS) is 12.8. The maximum atomic E-state index is 11.9. The number of hydrogen-bond acceptors (Lipinski definition) is 2. The SMILES string of the molecule is O=C(C#Cc1ccccc1)Nc1ccc2c(c1)CNCC2. The van der Waals surface area contributed by atoms with Crippen molar-refractivity contribution in [3.8, 4) is 11.8 Å². The molecule has 0 saturated heterocycles. The van der Waals surface area contributed by atoms with Crippen molar-refractivity contribution in [2.24, 2.45) is 0 Å². The van der Waals surface area contributed by atoms with Gasteiger partial charge in [0.1, 0.15) is 0 Å². The molecule has 0 fully saturated rings. The first kappa shape index (κ1) is 13.4. The Morgan fingerprint density at radius 3 is 2.81 bits per heavy atom. The number of carbonyl (C=O) groups excluding carboxylic acids is 1. The average molecular weight is 276 g/mol. The number of amides is 1. The number of rotatable bonds is 1. The predicted molar refractivity (Wildman–Crippen MR) is 83.8 cm³/mol. The summed E-state index contributed by atoms with van der Waals surface area (Å²) < 4.78 is 0. The molecule has 0 aromatic heterocycles. The number of fused-ring (bicyclic) bond motifs is 1. The van der Waals surface area contributed by atoms with Crippen molar-refractivity contribution < 1.29 is 4.79 Å². The Morgan fingerprint density at radius 2 is 1.95 bits per heavy atom. The molecule has 3 rings (SSSR count). The number of nitrogens with one attached hydrogen (secondary N) is 2. The largest absolute Gasteiger partial charge is 0.315 e. The summed E-state index contributed by atoms with van der Waals surface area (Å²) in [5, 5.41) is 6.15. The highest BCUT2D eigenvalue weighted by atomic mass is 16.1. The molecular weight excluding hydrogens is 260 g/mol. The summed E-state index contributed by atoms with van der Waals surface area (Å²) in [6, 6.07) is 15.5. The first-order valence-electron chi connectivity index (χ1n) is 7.02. The minimum absolute atomic E-state index is 0.289. The minimum atomic E-state index is -0.289. The van der Waals surface area contributed by atoms with Crippen molar-refractivity contribution in [1.82, 2.24) is 5.32 Å². The monoisotopic (exact) mass is 276 g/mol.